The van der Waals surface area contributed by atoms with Crippen molar-refractivity contribution in [3.8, 4) is 11.5 Å². The third kappa shape index (κ3) is 5.16. The molecule has 8 nitrogen and oxygen atoms in total. The number of hydrogen-bond acceptors (Lipinski definition) is 6. The smallest absolute Gasteiger partial charge is 0.243 e. The standard InChI is InChI=1S/C20H26ClN3O5S/c1-12-7-14(30(26,27)24(3)4)8-16(13(12)2)22-11-20(25)23-17-10-18(28-5)15(21)9-19(17)29-6/h7-10,22H,11H2,1-6H3,(H,23,25). The van der Waals surface area contributed by atoms with E-state index in [0.717, 1.165) is 15.4 Å². The number of methoxy groups -OCH3 is 2. The third-order valence-electron chi connectivity index (χ3n) is 4.61. The Morgan fingerprint density at radius 1 is 1.03 bits per heavy atom. The van der Waals surface area contributed by atoms with Crippen LogP contribution < -0.4 is 20.1 Å². The molecule has 10 heteroatoms. The summed E-state index contributed by atoms with van der Waals surface area (Å²) in [5, 5.41) is 6.11. The number of nitrogens with zero attached hydrogens (tertiary/aromatic N) is 1. The number of anilines is 2. The second-order valence-corrected chi connectivity index (χ2v) is 9.35. The van der Waals surface area contributed by atoms with Gasteiger partial charge in [0, 0.05) is 31.9 Å². The first-order valence-corrected chi connectivity index (χ1v) is 10.8. The zero-order valence-corrected chi connectivity index (χ0v) is 19.4. The van der Waals surface area contributed by atoms with E-state index in [-0.39, 0.29) is 17.3 Å². The molecule has 0 saturated heterocycles. The molecule has 0 aromatic heterocycles. The van der Waals surface area contributed by atoms with Crippen molar-refractivity contribution in [2.45, 2.75) is 18.7 Å². The van der Waals surface area contributed by atoms with E-state index in [1.807, 2.05) is 13.8 Å². The minimum Gasteiger partial charge on any atom is -0.495 e. The topological polar surface area (TPSA) is 97.0 Å². The quantitative estimate of drug-likeness (QED) is 0.634. The Kier molecular flexibility index (Phi) is 7.57. The van der Waals surface area contributed by atoms with Crippen molar-refractivity contribution in [2.24, 2.45) is 0 Å². The second kappa shape index (κ2) is 9.55. The molecular formula is C20H26ClN3O5S. The number of nitrogens with one attached hydrogen (secondary N) is 2. The molecular weight excluding hydrogens is 430 g/mol. The normalized spacial score (nSPS) is 11.3. The summed E-state index contributed by atoms with van der Waals surface area (Å²) in [5.41, 5.74) is 2.62. The average molecular weight is 456 g/mol. The van der Waals surface area contributed by atoms with Gasteiger partial charge < -0.3 is 20.1 Å². The van der Waals surface area contributed by atoms with E-state index in [9.17, 15) is 13.2 Å². The molecule has 0 aliphatic carbocycles. The molecule has 0 unspecified atom stereocenters. The van der Waals surface area contributed by atoms with Crippen LogP contribution in [0.25, 0.3) is 0 Å². The molecule has 30 heavy (non-hydrogen) atoms. The van der Waals surface area contributed by atoms with Gasteiger partial charge >= 0.3 is 0 Å². The van der Waals surface area contributed by atoms with Crippen LogP contribution >= 0.6 is 11.6 Å². The Hall–Kier alpha value is -2.49. The van der Waals surface area contributed by atoms with Crippen molar-refractivity contribution in [2.75, 3.05) is 45.5 Å². The van der Waals surface area contributed by atoms with Gasteiger partial charge in [-0.1, -0.05) is 11.6 Å². The van der Waals surface area contributed by atoms with Gasteiger partial charge in [-0.25, -0.2) is 12.7 Å². The summed E-state index contributed by atoms with van der Waals surface area (Å²) in [6.45, 7) is 3.59. The maximum Gasteiger partial charge on any atom is 0.243 e. The third-order valence-corrected chi connectivity index (χ3v) is 6.70. The lowest BCUT2D eigenvalue weighted by Gasteiger charge is -2.17. The van der Waals surface area contributed by atoms with Crippen LogP contribution in [0.5, 0.6) is 11.5 Å². The van der Waals surface area contributed by atoms with Crippen LogP contribution in [-0.2, 0) is 14.8 Å². The molecule has 2 N–H and O–H groups in total. The van der Waals surface area contributed by atoms with Gasteiger partial charge in [-0.05, 0) is 37.1 Å². The number of aryl methyl sites for hydroxylation is 1. The van der Waals surface area contributed by atoms with Gasteiger partial charge in [0.2, 0.25) is 15.9 Å². The summed E-state index contributed by atoms with van der Waals surface area (Å²) in [5.74, 6) is 0.435. The maximum atomic E-state index is 12.5. The van der Waals surface area contributed by atoms with Gasteiger partial charge in [0.25, 0.3) is 0 Å². The molecule has 0 bridgehead atoms. The fourth-order valence-corrected chi connectivity index (χ4v) is 3.94. The van der Waals surface area contributed by atoms with Crippen LogP contribution in [0.3, 0.4) is 0 Å². The molecule has 0 aliphatic rings. The van der Waals surface area contributed by atoms with E-state index in [0.29, 0.717) is 27.9 Å². The van der Waals surface area contributed by atoms with E-state index in [1.54, 1.807) is 18.2 Å². The molecule has 0 heterocycles. The Morgan fingerprint density at radius 3 is 2.23 bits per heavy atom. The van der Waals surface area contributed by atoms with Gasteiger partial charge in [-0.2, -0.15) is 0 Å². The van der Waals surface area contributed by atoms with Crippen LogP contribution in [0, 0.1) is 13.8 Å². The molecule has 0 radical (unpaired) electrons. The molecule has 2 aromatic carbocycles. The number of halogens is 1. The van der Waals surface area contributed by atoms with Gasteiger partial charge in [-0.3, -0.25) is 4.79 Å². The summed E-state index contributed by atoms with van der Waals surface area (Å²) < 4.78 is 36.5. The fraction of sp³-hybridized carbons (Fsp3) is 0.350. The number of carbonyl (C=O) groups excluding carboxylic acids is 1. The fourth-order valence-electron chi connectivity index (χ4n) is 2.70. The van der Waals surface area contributed by atoms with Gasteiger partial charge in [0.1, 0.15) is 11.5 Å². The van der Waals surface area contributed by atoms with Crippen molar-refractivity contribution in [1.29, 1.82) is 0 Å². The molecule has 0 saturated carbocycles. The summed E-state index contributed by atoms with van der Waals surface area (Å²) in [4.78, 5) is 12.7. The van der Waals surface area contributed by atoms with Crippen molar-refractivity contribution in [1.82, 2.24) is 4.31 Å². The zero-order valence-electron chi connectivity index (χ0n) is 17.8. The molecule has 0 spiro atoms. The predicted octanol–water partition coefficient (Wildman–Crippen LogP) is 3.27. The number of ether oxygens (including phenoxy) is 2. The second-order valence-electron chi connectivity index (χ2n) is 6.79. The van der Waals surface area contributed by atoms with Crippen LogP contribution in [0.4, 0.5) is 11.4 Å². The van der Waals surface area contributed by atoms with E-state index in [2.05, 4.69) is 10.6 Å². The maximum absolute atomic E-state index is 12.5. The summed E-state index contributed by atoms with van der Waals surface area (Å²) in [6, 6.07) is 6.25. The average Bonchev–Trinajstić information content (AvgIpc) is 2.69. The highest BCUT2D eigenvalue weighted by atomic mass is 35.5. The molecule has 2 aromatic rings. The van der Waals surface area contributed by atoms with Crippen molar-refractivity contribution >= 4 is 38.9 Å². The number of hydrogen-bond donors (Lipinski definition) is 2. The van der Waals surface area contributed by atoms with Crippen molar-refractivity contribution < 1.29 is 22.7 Å². The predicted molar refractivity (Wildman–Crippen MR) is 118 cm³/mol. The minimum atomic E-state index is -3.60. The van der Waals surface area contributed by atoms with Crippen LogP contribution in [0.1, 0.15) is 11.1 Å². The first-order valence-electron chi connectivity index (χ1n) is 9.00. The number of sulfonamides is 1. The molecule has 1 amide bonds. The van der Waals surface area contributed by atoms with Crippen LogP contribution in [0.2, 0.25) is 5.02 Å². The highest BCUT2D eigenvalue weighted by Gasteiger charge is 2.20. The highest BCUT2D eigenvalue weighted by molar-refractivity contribution is 7.89. The van der Waals surface area contributed by atoms with Crippen molar-refractivity contribution in [3.05, 3.63) is 40.4 Å². The number of benzene rings is 2. The summed E-state index contributed by atoms with van der Waals surface area (Å²) >= 11 is 6.08. The van der Waals surface area contributed by atoms with E-state index in [1.165, 1.54) is 34.4 Å². The van der Waals surface area contributed by atoms with Gasteiger partial charge in [0.05, 0.1) is 36.4 Å². The molecule has 2 rings (SSSR count). The van der Waals surface area contributed by atoms with Crippen LogP contribution in [-0.4, -0.2) is 53.5 Å². The lowest BCUT2D eigenvalue weighted by molar-refractivity contribution is -0.114. The molecule has 0 atom stereocenters. The minimum absolute atomic E-state index is 0.0835. The summed E-state index contributed by atoms with van der Waals surface area (Å²) in [6.07, 6.45) is 0. The van der Waals surface area contributed by atoms with E-state index < -0.39 is 10.0 Å². The number of carbonyl (C=O) groups is 1. The molecule has 164 valence electrons. The Bertz CT molecular complexity index is 1050. The Balaban J connectivity index is 2.22. The first-order chi connectivity index (χ1) is 14.0. The largest absolute Gasteiger partial charge is 0.495 e. The van der Waals surface area contributed by atoms with Gasteiger partial charge in [-0.15, -0.1) is 0 Å². The highest BCUT2D eigenvalue weighted by Crippen LogP contribution is 2.35. The number of amides is 1. The lowest BCUT2D eigenvalue weighted by Crippen LogP contribution is -2.24. The zero-order chi connectivity index (χ0) is 22.6. The molecule has 0 aliphatic heterocycles. The Labute approximate surface area is 182 Å². The van der Waals surface area contributed by atoms with Gasteiger partial charge in [0.15, 0.2) is 0 Å². The Morgan fingerprint density at radius 2 is 1.67 bits per heavy atom. The molecule has 0 fully saturated rings. The van der Waals surface area contributed by atoms with E-state index >= 15 is 0 Å². The van der Waals surface area contributed by atoms with Crippen molar-refractivity contribution in [3.63, 3.8) is 0 Å². The monoisotopic (exact) mass is 455 g/mol. The van der Waals surface area contributed by atoms with Crippen LogP contribution in [0.15, 0.2) is 29.2 Å². The summed E-state index contributed by atoms with van der Waals surface area (Å²) in [7, 11) is 2.29. The SMILES string of the molecule is COc1cc(NC(=O)CNc2cc(S(=O)(=O)N(C)C)cc(C)c2C)c(OC)cc1Cl. The first kappa shape index (κ1) is 23.8. The number of rotatable bonds is 8. The lowest BCUT2D eigenvalue weighted by atomic mass is 10.1. The van der Waals surface area contributed by atoms with E-state index in [4.69, 9.17) is 21.1 Å².